The first-order chi connectivity index (χ1) is 7.34. The van der Waals surface area contributed by atoms with Gasteiger partial charge in [-0.3, -0.25) is 0 Å². The summed E-state index contributed by atoms with van der Waals surface area (Å²) >= 11 is 0. The number of rotatable bonds is 6. The molecule has 0 heterocycles. The molecule has 82 valence electrons. The molecule has 0 spiro atoms. The summed E-state index contributed by atoms with van der Waals surface area (Å²) in [5.41, 5.74) is 0.998. The second-order valence-corrected chi connectivity index (χ2v) is 3.78. The molecule has 1 aromatic rings. The van der Waals surface area contributed by atoms with Gasteiger partial charge in [-0.25, -0.2) is 0 Å². The molecule has 1 heteroatoms. The van der Waals surface area contributed by atoms with Crippen molar-refractivity contribution < 1.29 is 5.11 Å². The van der Waals surface area contributed by atoms with E-state index in [1.54, 1.807) is 0 Å². The smallest absolute Gasteiger partial charge is 0.0824 e. The van der Waals surface area contributed by atoms with Crippen LogP contribution in [-0.2, 0) is 0 Å². The third-order valence-electron chi connectivity index (χ3n) is 2.43. The standard InChI is InChI=1S/C14H20O/c1-2-3-4-5-9-12-14(15)13-10-7-6-8-11-13/h5-11,14-15H,2-4,12H2,1H3/b9-5+. The normalized spacial score (nSPS) is 13.2. The second-order valence-electron chi connectivity index (χ2n) is 3.78. The lowest BCUT2D eigenvalue weighted by Gasteiger charge is -2.07. The van der Waals surface area contributed by atoms with Gasteiger partial charge in [0.25, 0.3) is 0 Å². The molecular formula is C14H20O. The number of hydrogen-bond donors (Lipinski definition) is 1. The van der Waals surface area contributed by atoms with E-state index in [-0.39, 0.29) is 6.10 Å². The van der Waals surface area contributed by atoms with Gasteiger partial charge in [0.2, 0.25) is 0 Å². The van der Waals surface area contributed by atoms with Crippen LogP contribution in [0, 0.1) is 0 Å². The second kappa shape index (κ2) is 7.24. The zero-order valence-corrected chi connectivity index (χ0v) is 9.39. The Labute approximate surface area is 92.5 Å². The van der Waals surface area contributed by atoms with Crippen molar-refractivity contribution in [1.82, 2.24) is 0 Å². The van der Waals surface area contributed by atoms with E-state index < -0.39 is 0 Å². The molecule has 1 rings (SSSR count). The molecule has 1 unspecified atom stereocenters. The van der Waals surface area contributed by atoms with Gasteiger partial charge < -0.3 is 5.11 Å². The van der Waals surface area contributed by atoms with Gasteiger partial charge in [-0.2, -0.15) is 0 Å². The van der Waals surface area contributed by atoms with Crippen LogP contribution in [0.3, 0.4) is 0 Å². The lowest BCUT2D eigenvalue weighted by atomic mass is 10.1. The largest absolute Gasteiger partial charge is 0.388 e. The quantitative estimate of drug-likeness (QED) is 0.551. The van der Waals surface area contributed by atoms with Gasteiger partial charge in [0, 0.05) is 0 Å². The summed E-state index contributed by atoms with van der Waals surface area (Å²) in [6.07, 6.45) is 8.18. The van der Waals surface area contributed by atoms with Crippen LogP contribution in [0.4, 0.5) is 0 Å². The van der Waals surface area contributed by atoms with Crippen LogP contribution in [0.5, 0.6) is 0 Å². The first-order valence-corrected chi connectivity index (χ1v) is 5.72. The van der Waals surface area contributed by atoms with E-state index in [0.29, 0.717) is 6.42 Å². The number of aliphatic hydroxyl groups is 1. The summed E-state index contributed by atoms with van der Waals surface area (Å²) in [6, 6.07) is 9.81. The Balaban J connectivity index is 2.30. The zero-order valence-electron chi connectivity index (χ0n) is 9.39. The topological polar surface area (TPSA) is 20.2 Å². The van der Waals surface area contributed by atoms with Crippen molar-refractivity contribution in [2.45, 2.75) is 38.7 Å². The van der Waals surface area contributed by atoms with Crippen molar-refractivity contribution >= 4 is 0 Å². The summed E-state index contributed by atoms with van der Waals surface area (Å²) in [7, 11) is 0. The minimum atomic E-state index is -0.357. The van der Waals surface area contributed by atoms with Crippen LogP contribution in [0.1, 0.15) is 44.3 Å². The maximum absolute atomic E-state index is 9.83. The van der Waals surface area contributed by atoms with Crippen molar-refractivity contribution in [2.75, 3.05) is 0 Å². The average molecular weight is 204 g/mol. The molecule has 0 aliphatic rings. The van der Waals surface area contributed by atoms with E-state index in [4.69, 9.17) is 0 Å². The minimum absolute atomic E-state index is 0.357. The Hall–Kier alpha value is -1.08. The van der Waals surface area contributed by atoms with E-state index in [0.717, 1.165) is 12.0 Å². The zero-order chi connectivity index (χ0) is 10.9. The van der Waals surface area contributed by atoms with E-state index in [1.807, 2.05) is 30.3 Å². The van der Waals surface area contributed by atoms with Crippen molar-refractivity contribution in [1.29, 1.82) is 0 Å². The highest BCUT2D eigenvalue weighted by Crippen LogP contribution is 2.16. The van der Waals surface area contributed by atoms with Crippen LogP contribution in [-0.4, -0.2) is 5.11 Å². The molecule has 1 aromatic carbocycles. The van der Waals surface area contributed by atoms with Gasteiger partial charge in [-0.1, -0.05) is 62.2 Å². The van der Waals surface area contributed by atoms with Crippen LogP contribution in [0.15, 0.2) is 42.5 Å². The molecule has 1 nitrogen and oxygen atoms in total. The summed E-state index contributed by atoms with van der Waals surface area (Å²) in [5.74, 6) is 0. The lowest BCUT2D eigenvalue weighted by molar-refractivity contribution is 0.181. The predicted molar refractivity (Wildman–Crippen MR) is 64.7 cm³/mol. The summed E-state index contributed by atoms with van der Waals surface area (Å²) < 4.78 is 0. The summed E-state index contributed by atoms with van der Waals surface area (Å²) in [6.45, 7) is 2.19. The maximum atomic E-state index is 9.83. The highest BCUT2D eigenvalue weighted by molar-refractivity contribution is 5.17. The SMILES string of the molecule is CCCC/C=C/CC(O)c1ccccc1. The number of allylic oxidation sites excluding steroid dienone is 1. The Kier molecular flexibility index (Phi) is 5.79. The Morgan fingerprint density at radius 3 is 2.60 bits per heavy atom. The highest BCUT2D eigenvalue weighted by atomic mass is 16.3. The van der Waals surface area contributed by atoms with Gasteiger partial charge in [0.15, 0.2) is 0 Å². The van der Waals surface area contributed by atoms with E-state index in [2.05, 4.69) is 19.1 Å². The molecule has 0 radical (unpaired) electrons. The molecule has 0 saturated carbocycles. The molecule has 0 aliphatic heterocycles. The first-order valence-electron chi connectivity index (χ1n) is 5.72. The fourth-order valence-electron chi connectivity index (χ4n) is 1.48. The summed E-state index contributed by atoms with van der Waals surface area (Å²) in [4.78, 5) is 0. The monoisotopic (exact) mass is 204 g/mol. The molecule has 0 bridgehead atoms. The third kappa shape index (κ3) is 4.80. The number of unbranched alkanes of at least 4 members (excludes halogenated alkanes) is 2. The number of benzene rings is 1. The van der Waals surface area contributed by atoms with Gasteiger partial charge >= 0.3 is 0 Å². The maximum Gasteiger partial charge on any atom is 0.0824 e. The lowest BCUT2D eigenvalue weighted by Crippen LogP contribution is -1.94. The van der Waals surface area contributed by atoms with E-state index in [9.17, 15) is 5.11 Å². The number of hydrogen-bond acceptors (Lipinski definition) is 1. The third-order valence-corrected chi connectivity index (χ3v) is 2.43. The van der Waals surface area contributed by atoms with E-state index >= 15 is 0 Å². The van der Waals surface area contributed by atoms with Gasteiger partial charge in [0.1, 0.15) is 0 Å². The first kappa shape index (κ1) is 12.0. The average Bonchev–Trinajstić information content (AvgIpc) is 2.30. The molecule has 1 atom stereocenters. The van der Waals surface area contributed by atoms with Crippen LogP contribution in [0.2, 0.25) is 0 Å². The predicted octanol–water partition coefficient (Wildman–Crippen LogP) is 3.86. The molecule has 15 heavy (non-hydrogen) atoms. The Morgan fingerprint density at radius 2 is 1.93 bits per heavy atom. The fourth-order valence-corrected chi connectivity index (χ4v) is 1.48. The van der Waals surface area contributed by atoms with Crippen LogP contribution >= 0.6 is 0 Å². The Bertz CT molecular complexity index is 277. The molecule has 1 N–H and O–H groups in total. The van der Waals surface area contributed by atoms with Crippen molar-refractivity contribution in [2.24, 2.45) is 0 Å². The molecule has 0 amide bonds. The van der Waals surface area contributed by atoms with Crippen LogP contribution in [0.25, 0.3) is 0 Å². The molecule has 0 aliphatic carbocycles. The molecule has 0 fully saturated rings. The minimum Gasteiger partial charge on any atom is -0.388 e. The van der Waals surface area contributed by atoms with Crippen LogP contribution < -0.4 is 0 Å². The number of aliphatic hydroxyl groups excluding tert-OH is 1. The highest BCUT2D eigenvalue weighted by Gasteiger charge is 2.02. The van der Waals surface area contributed by atoms with Gasteiger partial charge in [-0.05, 0) is 18.4 Å². The van der Waals surface area contributed by atoms with Crippen molar-refractivity contribution in [3.8, 4) is 0 Å². The van der Waals surface area contributed by atoms with Gasteiger partial charge in [-0.15, -0.1) is 0 Å². The van der Waals surface area contributed by atoms with Crippen molar-refractivity contribution in [3.05, 3.63) is 48.0 Å². The molecular weight excluding hydrogens is 184 g/mol. The molecule has 0 aromatic heterocycles. The fraction of sp³-hybridized carbons (Fsp3) is 0.429. The van der Waals surface area contributed by atoms with Gasteiger partial charge in [0.05, 0.1) is 6.10 Å². The van der Waals surface area contributed by atoms with Crippen molar-refractivity contribution in [3.63, 3.8) is 0 Å². The Morgan fingerprint density at radius 1 is 1.20 bits per heavy atom. The molecule has 0 saturated heterocycles. The summed E-state index contributed by atoms with van der Waals surface area (Å²) in [5, 5.41) is 9.83. The van der Waals surface area contributed by atoms with E-state index in [1.165, 1.54) is 12.8 Å².